The van der Waals surface area contributed by atoms with Crippen LogP contribution >= 0.6 is 0 Å². The fourth-order valence-corrected chi connectivity index (χ4v) is 3.76. The van der Waals surface area contributed by atoms with Gasteiger partial charge in [0.05, 0.1) is 12.2 Å². The molecule has 0 radical (unpaired) electrons. The molecule has 2 aromatic carbocycles. The van der Waals surface area contributed by atoms with Crippen molar-refractivity contribution in [2.45, 2.75) is 30.5 Å². The largest absolute Gasteiger partial charge is 0.507 e. The molecule has 2 heterocycles. The second kappa shape index (κ2) is 7.97. The summed E-state index contributed by atoms with van der Waals surface area (Å²) in [6.45, 7) is -0.722. The molecule has 1 fully saturated rings. The van der Waals surface area contributed by atoms with Crippen molar-refractivity contribution in [3.63, 3.8) is 0 Å². The van der Waals surface area contributed by atoms with Crippen molar-refractivity contribution in [1.82, 2.24) is 0 Å². The van der Waals surface area contributed by atoms with E-state index in [1.807, 2.05) is 0 Å². The third-order valence-corrected chi connectivity index (χ3v) is 5.43. The fraction of sp³-hybridized carbons (Fsp3) is 0.286. The molecule has 0 bridgehead atoms. The van der Waals surface area contributed by atoms with E-state index < -0.39 is 65.6 Å². The molecule has 5 atom stereocenters. The average molecular weight is 448 g/mol. The molecule has 0 aliphatic carbocycles. The van der Waals surface area contributed by atoms with E-state index in [1.54, 1.807) is 0 Å². The van der Waals surface area contributed by atoms with Crippen molar-refractivity contribution in [3.05, 3.63) is 46.1 Å². The van der Waals surface area contributed by atoms with Gasteiger partial charge in [-0.1, -0.05) is 0 Å². The van der Waals surface area contributed by atoms with Crippen LogP contribution in [0.1, 0.15) is 11.7 Å². The molecule has 4 rings (SSSR count). The zero-order chi connectivity index (χ0) is 23.3. The monoisotopic (exact) mass is 448 g/mol. The summed E-state index contributed by atoms with van der Waals surface area (Å²) in [6, 6.07) is 5.47. The highest BCUT2D eigenvalue weighted by Crippen LogP contribution is 2.44. The molecular weight excluding hydrogens is 428 g/mol. The number of phenolic OH excluding ortho intramolecular Hbond substituents is 4. The van der Waals surface area contributed by atoms with E-state index in [1.165, 1.54) is 6.07 Å². The van der Waals surface area contributed by atoms with Crippen LogP contribution in [0.3, 0.4) is 0 Å². The van der Waals surface area contributed by atoms with Gasteiger partial charge in [-0.15, -0.1) is 0 Å². The fourth-order valence-electron chi connectivity index (χ4n) is 3.76. The predicted octanol–water partition coefficient (Wildman–Crippen LogP) is -0.203. The number of aliphatic hydroxyl groups excluding tert-OH is 4. The van der Waals surface area contributed by atoms with Crippen LogP contribution in [-0.4, -0.2) is 71.9 Å². The standard InChI is InChI=1S/C21H20O11/c22-6-14-17(28)18(29)19(30)21(32-14)16-11(26)4-10(25)15-12(27)5-13(31-20(15)16)7-1-2-8(23)9(24)3-7/h1-5,14,17-19,21-26,28-30H,6H2/t14?,17-,18?,19?,21?/m1/s1. The number of ether oxygens (including phenoxy) is 1. The molecule has 4 unspecified atom stereocenters. The Labute approximate surface area is 179 Å². The van der Waals surface area contributed by atoms with Gasteiger partial charge in [0.15, 0.2) is 22.5 Å². The summed E-state index contributed by atoms with van der Waals surface area (Å²) in [5.41, 5.74) is -1.27. The Morgan fingerprint density at radius 1 is 0.812 bits per heavy atom. The molecule has 8 N–H and O–H groups in total. The summed E-state index contributed by atoms with van der Waals surface area (Å²) in [6.07, 6.45) is -8.07. The minimum Gasteiger partial charge on any atom is -0.507 e. The first-order chi connectivity index (χ1) is 15.1. The number of aromatic hydroxyl groups is 4. The van der Waals surface area contributed by atoms with E-state index in [4.69, 9.17) is 9.15 Å². The molecule has 1 aliphatic heterocycles. The molecule has 0 amide bonds. The number of phenols is 4. The predicted molar refractivity (Wildman–Crippen MR) is 107 cm³/mol. The van der Waals surface area contributed by atoms with Crippen LogP contribution in [0.5, 0.6) is 23.0 Å². The molecular formula is C21H20O11. The number of hydrogen-bond acceptors (Lipinski definition) is 11. The van der Waals surface area contributed by atoms with Crippen LogP contribution in [0, 0.1) is 0 Å². The van der Waals surface area contributed by atoms with Crippen molar-refractivity contribution in [1.29, 1.82) is 0 Å². The van der Waals surface area contributed by atoms with Crippen molar-refractivity contribution < 1.29 is 50.0 Å². The quantitative estimate of drug-likeness (QED) is 0.247. The van der Waals surface area contributed by atoms with Crippen LogP contribution in [0.25, 0.3) is 22.3 Å². The van der Waals surface area contributed by atoms with E-state index in [0.29, 0.717) is 0 Å². The molecule has 11 nitrogen and oxygen atoms in total. The lowest BCUT2D eigenvalue weighted by Crippen LogP contribution is -2.55. The van der Waals surface area contributed by atoms with Gasteiger partial charge < -0.3 is 50.0 Å². The SMILES string of the molecule is O=c1cc(-c2ccc(O)c(O)c2)oc2c(C3OC(CO)[C@@H](O)C(O)C3O)c(O)cc(O)c12. The van der Waals surface area contributed by atoms with Gasteiger partial charge in [0, 0.05) is 17.7 Å². The molecule has 1 aliphatic rings. The zero-order valence-corrected chi connectivity index (χ0v) is 16.3. The van der Waals surface area contributed by atoms with Crippen LogP contribution < -0.4 is 5.43 Å². The maximum absolute atomic E-state index is 12.8. The molecule has 170 valence electrons. The van der Waals surface area contributed by atoms with Crippen molar-refractivity contribution in [3.8, 4) is 34.3 Å². The molecule has 0 spiro atoms. The minimum atomic E-state index is -1.79. The molecule has 1 aromatic heterocycles. The van der Waals surface area contributed by atoms with Crippen LogP contribution in [0.15, 0.2) is 39.5 Å². The average Bonchev–Trinajstić information content (AvgIpc) is 2.74. The van der Waals surface area contributed by atoms with Gasteiger partial charge in [-0.05, 0) is 18.2 Å². The van der Waals surface area contributed by atoms with Gasteiger partial charge >= 0.3 is 0 Å². The molecule has 3 aromatic rings. The Hall–Kier alpha value is -3.35. The van der Waals surface area contributed by atoms with E-state index in [0.717, 1.165) is 24.3 Å². The number of rotatable bonds is 3. The van der Waals surface area contributed by atoms with Gasteiger partial charge in [-0.3, -0.25) is 4.79 Å². The lowest BCUT2D eigenvalue weighted by molar-refractivity contribution is -0.231. The summed E-state index contributed by atoms with van der Waals surface area (Å²) in [5, 5.41) is 79.7. The molecule has 11 heteroatoms. The van der Waals surface area contributed by atoms with Crippen LogP contribution in [-0.2, 0) is 4.74 Å². The van der Waals surface area contributed by atoms with Crippen molar-refractivity contribution in [2.75, 3.05) is 6.61 Å². The second-order valence-electron chi connectivity index (χ2n) is 7.46. The molecule has 0 saturated carbocycles. The summed E-state index contributed by atoms with van der Waals surface area (Å²) < 4.78 is 11.2. The molecule has 32 heavy (non-hydrogen) atoms. The lowest BCUT2D eigenvalue weighted by atomic mass is 9.89. The highest BCUT2D eigenvalue weighted by atomic mass is 16.5. The van der Waals surface area contributed by atoms with E-state index in [2.05, 4.69) is 0 Å². The Balaban J connectivity index is 1.97. The smallest absolute Gasteiger partial charge is 0.197 e. The van der Waals surface area contributed by atoms with Crippen molar-refractivity contribution >= 4 is 11.0 Å². The van der Waals surface area contributed by atoms with Gasteiger partial charge in [0.25, 0.3) is 0 Å². The van der Waals surface area contributed by atoms with Crippen LogP contribution in [0.2, 0.25) is 0 Å². The van der Waals surface area contributed by atoms with Gasteiger partial charge in [0.1, 0.15) is 53.2 Å². The van der Waals surface area contributed by atoms with Gasteiger partial charge in [-0.2, -0.15) is 0 Å². The number of aliphatic hydroxyl groups is 4. The highest BCUT2D eigenvalue weighted by Gasteiger charge is 2.46. The number of benzene rings is 2. The van der Waals surface area contributed by atoms with E-state index >= 15 is 0 Å². The third kappa shape index (κ3) is 3.42. The van der Waals surface area contributed by atoms with E-state index in [-0.39, 0.29) is 27.9 Å². The Morgan fingerprint density at radius 2 is 1.53 bits per heavy atom. The van der Waals surface area contributed by atoms with Crippen molar-refractivity contribution in [2.24, 2.45) is 0 Å². The lowest BCUT2D eigenvalue weighted by Gasteiger charge is -2.40. The Bertz CT molecular complexity index is 1230. The number of hydrogen-bond donors (Lipinski definition) is 8. The second-order valence-corrected chi connectivity index (χ2v) is 7.46. The minimum absolute atomic E-state index is 0.117. The first-order valence-corrected chi connectivity index (χ1v) is 9.49. The first-order valence-electron chi connectivity index (χ1n) is 9.49. The third-order valence-electron chi connectivity index (χ3n) is 5.43. The normalized spacial score (nSPS) is 25.8. The first kappa shape index (κ1) is 21.9. The summed E-state index contributed by atoms with van der Waals surface area (Å²) in [5.74, 6) is -2.28. The van der Waals surface area contributed by atoms with Gasteiger partial charge in [0.2, 0.25) is 0 Å². The molecule has 1 saturated heterocycles. The maximum atomic E-state index is 12.8. The Kier molecular flexibility index (Phi) is 5.44. The summed E-state index contributed by atoms with van der Waals surface area (Å²) in [7, 11) is 0. The Morgan fingerprint density at radius 3 is 2.19 bits per heavy atom. The highest BCUT2D eigenvalue weighted by molar-refractivity contribution is 5.89. The maximum Gasteiger partial charge on any atom is 0.197 e. The number of fused-ring (bicyclic) bond motifs is 1. The zero-order valence-electron chi connectivity index (χ0n) is 16.3. The summed E-state index contributed by atoms with van der Waals surface area (Å²) in [4.78, 5) is 12.8. The topological polar surface area (TPSA) is 201 Å². The van der Waals surface area contributed by atoms with E-state index in [9.17, 15) is 45.6 Å². The van der Waals surface area contributed by atoms with Gasteiger partial charge in [-0.25, -0.2) is 0 Å². The van der Waals surface area contributed by atoms with Crippen LogP contribution in [0.4, 0.5) is 0 Å². The summed E-state index contributed by atoms with van der Waals surface area (Å²) >= 11 is 0.